The molecule has 1 aromatic rings. The summed E-state index contributed by atoms with van der Waals surface area (Å²) in [5.41, 5.74) is 4.29. The van der Waals surface area contributed by atoms with Gasteiger partial charge in [0, 0.05) is 12.0 Å². The molecule has 1 heterocycles. The normalized spacial score (nSPS) is 33.0. The predicted octanol–water partition coefficient (Wildman–Crippen LogP) is 1.76. The van der Waals surface area contributed by atoms with Crippen LogP contribution in [-0.2, 0) is 15.7 Å². The lowest BCUT2D eigenvalue weighted by atomic mass is 9.97. The van der Waals surface area contributed by atoms with Crippen molar-refractivity contribution in [2.75, 3.05) is 0 Å². The van der Waals surface area contributed by atoms with Gasteiger partial charge in [-0.2, -0.15) is 0 Å². The van der Waals surface area contributed by atoms with E-state index in [-0.39, 0.29) is 6.10 Å². The van der Waals surface area contributed by atoms with Gasteiger partial charge in [-0.05, 0) is 22.8 Å². The summed E-state index contributed by atoms with van der Waals surface area (Å²) < 4.78 is 16.9. The second-order valence-electron chi connectivity index (χ2n) is 4.58. The Hall–Kier alpha value is -1.28. The van der Waals surface area contributed by atoms with Crippen molar-refractivity contribution in [1.82, 2.24) is 0 Å². The summed E-state index contributed by atoms with van der Waals surface area (Å²) in [4.78, 5) is 11.5. The van der Waals surface area contributed by atoms with Crippen LogP contribution in [0.2, 0.25) is 0 Å². The van der Waals surface area contributed by atoms with Gasteiger partial charge in [-0.25, -0.2) is 0 Å². The van der Waals surface area contributed by atoms with Gasteiger partial charge in [-0.3, -0.25) is 0 Å². The van der Waals surface area contributed by atoms with E-state index in [0.717, 1.165) is 16.7 Å². The van der Waals surface area contributed by atoms with E-state index in [1.165, 1.54) is 5.56 Å². The van der Waals surface area contributed by atoms with E-state index in [1.807, 2.05) is 36.4 Å². The molecule has 0 radical (unpaired) electrons. The molecule has 0 amide bonds. The van der Waals surface area contributed by atoms with Gasteiger partial charge in [0.15, 0.2) is 6.10 Å². The number of hydrogen-bond donors (Lipinski definition) is 0. The van der Waals surface area contributed by atoms with E-state index in [9.17, 15) is 9.46 Å². The van der Waals surface area contributed by atoms with Crippen molar-refractivity contribution in [1.29, 1.82) is 0 Å². The van der Waals surface area contributed by atoms with E-state index in [1.54, 1.807) is 0 Å². The molecule has 4 rings (SSSR count). The van der Waals surface area contributed by atoms with Gasteiger partial charge in [0.1, 0.15) is 0 Å². The minimum Gasteiger partial charge on any atom is -0.593 e. The molecule has 1 fully saturated rings. The topological polar surface area (TPSA) is 52.7 Å². The van der Waals surface area contributed by atoms with Crippen molar-refractivity contribution in [3.8, 4) is 0 Å². The number of ether oxygens (including phenoxy) is 1. The van der Waals surface area contributed by atoms with E-state index in [0.29, 0.717) is 6.42 Å². The van der Waals surface area contributed by atoms with E-state index in [2.05, 4.69) is 0 Å². The molecule has 0 aromatic heterocycles. The van der Waals surface area contributed by atoms with Crippen molar-refractivity contribution in [2.45, 2.75) is 17.9 Å². The molecule has 0 saturated carbocycles. The minimum atomic E-state index is -2.59. The summed E-state index contributed by atoms with van der Waals surface area (Å²) in [6.07, 6.45) is 4.27. The molecule has 3 atom stereocenters. The molecule has 84 valence electrons. The summed E-state index contributed by atoms with van der Waals surface area (Å²) in [7, 11) is -2.59. The molecule has 1 aromatic carbocycles. The highest BCUT2D eigenvalue weighted by Gasteiger charge is 2.71. The maximum absolute atomic E-state index is 11.5. The second-order valence-corrected chi connectivity index (χ2v) is 5.76. The largest absolute Gasteiger partial charge is 0.593 e. The number of fused-ring (bicyclic) bond motifs is 4. The average molecular weight is 244 g/mol. The molecule has 3 nitrogen and oxygen atoms in total. The van der Waals surface area contributed by atoms with Crippen molar-refractivity contribution in [2.24, 2.45) is 0 Å². The molecular formula is C13H9O3P. The van der Waals surface area contributed by atoms with Gasteiger partial charge >= 0.3 is 13.4 Å². The zero-order valence-electron chi connectivity index (χ0n) is 8.92. The van der Waals surface area contributed by atoms with Crippen LogP contribution in [-0.4, -0.2) is 11.4 Å². The number of rotatable bonds is 1. The van der Waals surface area contributed by atoms with Crippen molar-refractivity contribution < 1.29 is 14.2 Å². The average Bonchev–Trinajstić information content (AvgIpc) is 2.98. The smallest absolute Gasteiger partial charge is 0.352 e. The SMILES string of the molecule is O=[P+]([O-])C12OC1C=CC1=C2Cc2ccccc21. The van der Waals surface area contributed by atoms with Gasteiger partial charge in [0.25, 0.3) is 0 Å². The fourth-order valence-corrected chi connectivity index (χ4v) is 3.82. The van der Waals surface area contributed by atoms with Crippen LogP contribution < -0.4 is 4.89 Å². The molecule has 3 unspecified atom stereocenters. The first-order chi connectivity index (χ1) is 8.23. The summed E-state index contributed by atoms with van der Waals surface area (Å²) in [6.45, 7) is 0. The molecule has 0 N–H and O–H groups in total. The van der Waals surface area contributed by atoms with Gasteiger partial charge in [0.2, 0.25) is 0 Å². The first-order valence-electron chi connectivity index (χ1n) is 5.56. The van der Waals surface area contributed by atoms with E-state index < -0.39 is 13.4 Å². The monoisotopic (exact) mass is 244 g/mol. The highest BCUT2D eigenvalue weighted by Crippen LogP contribution is 2.62. The molecule has 17 heavy (non-hydrogen) atoms. The number of allylic oxidation sites excluding steroid dienone is 2. The second kappa shape index (κ2) is 2.94. The van der Waals surface area contributed by atoms with Crippen LogP contribution in [0, 0.1) is 0 Å². The van der Waals surface area contributed by atoms with Crippen LogP contribution in [0.25, 0.3) is 5.57 Å². The molecule has 1 aliphatic heterocycles. The summed E-state index contributed by atoms with van der Waals surface area (Å²) in [6, 6.07) is 8.04. The van der Waals surface area contributed by atoms with Crippen molar-refractivity contribution >= 4 is 13.6 Å². The molecule has 1 saturated heterocycles. The Bertz CT molecular complexity index is 617. The molecule has 0 spiro atoms. The van der Waals surface area contributed by atoms with Gasteiger partial charge in [-0.1, -0.05) is 34.9 Å². The fraction of sp³-hybridized carbons (Fsp3) is 0.231. The maximum Gasteiger partial charge on any atom is 0.352 e. The Morgan fingerprint density at radius 3 is 3.06 bits per heavy atom. The minimum absolute atomic E-state index is 0.267. The van der Waals surface area contributed by atoms with Crippen LogP contribution >= 0.6 is 8.03 Å². The Balaban J connectivity index is 1.93. The fourth-order valence-electron chi connectivity index (χ4n) is 2.91. The van der Waals surface area contributed by atoms with E-state index in [4.69, 9.17) is 4.74 Å². The van der Waals surface area contributed by atoms with Gasteiger partial charge < -0.3 is 9.63 Å². The quantitative estimate of drug-likeness (QED) is 0.558. The van der Waals surface area contributed by atoms with Crippen LogP contribution in [0.1, 0.15) is 11.1 Å². The Morgan fingerprint density at radius 2 is 2.24 bits per heavy atom. The zero-order chi connectivity index (χ0) is 11.6. The lowest BCUT2D eigenvalue weighted by molar-refractivity contribution is -0.168. The van der Waals surface area contributed by atoms with Crippen LogP contribution in [0.15, 0.2) is 42.0 Å². The van der Waals surface area contributed by atoms with Crippen LogP contribution in [0.4, 0.5) is 0 Å². The summed E-state index contributed by atoms with van der Waals surface area (Å²) in [5.74, 6) is 0. The standard InChI is InChI=1S/C13H9O3P/c14-17(15)13-11-7-8-3-1-2-4-9(8)10(11)5-6-12(13)16-13/h1-6,12H,7H2. The third-order valence-corrected chi connectivity index (χ3v) is 4.95. The lowest BCUT2D eigenvalue weighted by Gasteiger charge is -2.10. The maximum atomic E-state index is 11.5. The molecular weight excluding hydrogens is 235 g/mol. The summed E-state index contributed by atoms with van der Waals surface area (Å²) >= 11 is 0. The van der Waals surface area contributed by atoms with Crippen molar-refractivity contribution in [3.05, 3.63) is 53.1 Å². The summed E-state index contributed by atoms with van der Waals surface area (Å²) in [5, 5.41) is -1.03. The van der Waals surface area contributed by atoms with Gasteiger partial charge in [-0.15, -0.1) is 0 Å². The molecule has 0 bridgehead atoms. The predicted molar refractivity (Wildman–Crippen MR) is 61.4 cm³/mol. The third-order valence-electron chi connectivity index (χ3n) is 3.78. The molecule has 3 aliphatic rings. The number of hydrogen-bond acceptors (Lipinski definition) is 3. The third kappa shape index (κ3) is 1.05. The number of benzene rings is 1. The van der Waals surface area contributed by atoms with Gasteiger partial charge in [0.05, 0.1) is 0 Å². The molecule has 2 aliphatic carbocycles. The zero-order valence-corrected chi connectivity index (χ0v) is 9.81. The highest BCUT2D eigenvalue weighted by molar-refractivity contribution is 7.39. The van der Waals surface area contributed by atoms with E-state index >= 15 is 0 Å². The highest BCUT2D eigenvalue weighted by atomic mass is 31.1. The Labute approximate surface area is 99.3 Å². The first kappa shape index (κ1) is 9.72. The number of epoxide rings is 1. The first-order valence-corrected chi connectivity index (χ1v) is 6.73. The van der Waals surface area contributed by atoms with Crippen LogP contribution in [0.5, 0.6) is 0 Å². The van der Waals surface area contributed by atoms with Crippen molar-refractivity contribution in [3.63, 3.8) is 0 Å². The Kier molecular flexibility index (Phi) is 1.68. The van der Waals surface area contributed by atoms with Crippen LogP contribution in [0.3, 0.4) is 0 Å². The molecule has 4 heteroatoms. The Morgan fingerprint density at radius 1 is 1.41 bits per heavy atom. The lowest BCUT2D eigenvalue weighted by Crippen LogP contribution is -2.20.